The fourth-order valence-electron chi connectivity index (χ4n) is 4.01. The Morgan fingerprint density at radius 3 is 2.36 bits per heavy atom. The lowest BCUT2D eigenvalue weighted by molar-refractivity contribution is 0.130. The van der Waals surface area contributed by atoms with Gasteiger partial charge in [0.2, 0.25) is 0 Å². The maximum absolute atomic E-state index is 5.74. The number of aromatic nitrogens is 1. The van der Waals surface area contributed by atoms with Crippen LogP contribution in [0.2, 0.25) is 0 Å². The van der Waals surface area contributed by atoms with E-state index in [1.165, 1.54) is 11.1 Å². The van der Waals surface area contributed by atoms with Gasteiger partial charge in [-0.2, -0.15) is 0 Å². The molecule has 4 heteroatoms. The van der Waals surface area contributed by atoms with Crippen LogP contribution >= 0.6 is 0 Å². The van der Waals surface area contributed by atoms with Crippen LogP contribution in [0.5, 0.6) is 5.75 Å². The van der Waals surface area contributed by atoms with Gasteiger partial charge in [0.15, 0.2) is 0 Å². The van der Waals surface area contributed by atoms with Gasteiger partial charge in [-0.05, 0) is 69.2 Å². The number of hydrogen-bond acceptors (Lipinski definition) is 3. The van der Waals surface area contributed by atoms with Gasteiger partial charge in [-0.15, -0.1) is 0 Å². The molecule has 0 saturated heterocycles. The van der Waals surface area contributed by atoms with E-state index in [0.29, 0.717) is 6.61 Å². The zero-order valence-corrected chi connectivity index (χ0v) is 19.9. The van der Waals surface area contributed by atoms with E-state index in [4.69, 9.17) is 9.57 Å². The molecule has 4 nitrogen and oxygen atoms in total. The maximum Gasteiger partial charge on any atom is 0.142 e. The Bertz CT molecular complexity index is 1280. The summed E-state index contributed by atoms with van der Waals surface area (Å²) < 4.78 is 7.74. The van der Waals surface area contributed by atoms with Gasteiger partial charge in [-0.25, -0.2) is 0 Å². The first-order valence-electron chi connectivity index (χ1n) is 11.1. The van der Waals surface area contributed by atoms with Crippen LogP contribution in [0, 0.1) is 20.8 Å². The summed E-state index contributed by atoms with van der Waals surface area (Å²) in [6, 6.07) is 27.1. The number of hydrogen-bond donors (Lipinski definition) is 0. The van der Waals surface area contributed by atoms with E-state index < -0.39 is 0 Å². The topological polar surface area (TPSA) is 35.8 Å². The van der Waals surface area contributed by atoms with Gasteiger partial charge in [0.1, 0.15) is 12.4 Å². The molecule has 4 rings (SSSR count). The molecule has 0 N–H and O–H groups in total. The fraction of sp³-hybridized carbons (Fsp3) is 0.207. The monoisotopic (exact) mass is 438 g/mol. The van der Waals surface area contributed by atoms with E-state index in [1.54, 1.807) is 7.11 Å². The third-order valence-corrected chi connectivity index (χ3v) is 5.98. The molecule has 0 atom stereocenters. The molecule has 0 unspecified atom stereocenters. The van der Waals surface area contributed by atoms with Crippen molar-refractivity contribution in [3.8, 4) is 22.7 Å². The van der Waals surface area contributed by atoms with Crippen LogP contribution in [0.3, 0.4) is 0 Å². The highest BCUT2D eigenvalue weighted by atomic mass is 16.6. The fourth-order valence-corrected chi connectivity index (χ4v) is 4.01. The Labute approximate surface area is 196 Å². The van der Waals surface area contributed by atoms with Gasteiger partial charge in [0, 0.05) is 22.5 Å². The van der Waals surface area contributed by atoms with E-state index in [1.807, 2.05) is 31.2 Å². The largest absolute Gasteiger partial charge is 0.497 e. The molecule has 1 heterocycles. The molecule has 0 aliphatic rings. The summed E-state index contributed by atoms with van der Waals surface area (Å²) in [6.07, 6.45) is 0. The third kappa shape index (κ3) is 4.85. The summed E-state index contributed by atoms with van der Waals surface area (Å²) in [6.45, 7) is 8.75. The van der Waals surface area contributed by atoms with Crippen LogP contribution < -0.4 is 4.74 Å². The average molecular weight is 439 g/mol. The first-order chi connectivity index (χ1) is 16.0. The lowest BCUT2D eigenvalue weighted by Gasteiger charge is -2.13. The minimum Gasteiger partial charge on any atom is -0.497 e. The molecule has 168 valence electrons. The predicted octanol–water partition coefficient (Wildman–Crippen LogP) is 7.02. The van der Waals surface area contributed by atoms with Crippen molar-refractivity contribution >= 4 is 5.71 Å². The van der Waals surface area contributed by atoms with Gasteiger partial charge >= 0.3 is 0 Å². The molecule has 0 aliphatic carbocycles. The summed E-state index contributed by atoms with van der Waals surface area (Å²) in [5, 5.41) is 4.46. The van der Waals surface area contributed by atoms with Gasteiger partial charge in [0.05, 0.1) is 18.5 Å². The highest BCUT2D eigenvalue weighted by Gasteiger charge is 2.17. The average Bonchev–Trinajstić information content (AvgIpc) is 3.18. The minimum atomic E-state index is 0.449. The second-order valence-corrected chi connectivity index (χ2v) is 8.31. The standard InChI is InChI=1S/C29H30N2O2/c1-20-13-15-26(16-14-20)31-23(4)28(18-29(31)24-11-8-12-27(17-24)32-5)22(3)30-33-19-25-10-7-6-9-21(25)2/h6-18H,19H2,1-5H3/b30-22-. The SMILES string of the molecule is COc1cccc(-c2cc(/C(C)=N\OCc3ccccc3C)c(C)n2-c2ccc(C)cc2)c1. The third-order valence-electron chi connectivity index (χ3n) is 5.98. The van der Waals surface area contributed by atoms with Crippen molar-refractivity contribution in [3.05, 3.63) is 107 Å². The molecule has 0 radical (unpaired) electrons. The van der Waals surface area contributed by atoms with Crippen LogP contribution in [-0.2, 0) is 11.4 Å². The first-order valence-corrected chi connectivity index (χ1v) is 11.1. The molecule has 4 aromatic rings. The quantitative estimate of drug-likeness (QED) is 0.230. The number of oxime groups is 1. The Kier molecular flexibility index (Phi) is 6.64. The van der Waals surface area contributed by atoms with E-state index in [0.717, 1.165) is 45.2 Å². The summed E-state index contributed by atoms with van der Waals surface area (Å²) in [5.74, 6) is 0.829. The normalized spacial score (nSPS) is 11.5. The molecule has 0 spiro atoms. The van der Waals surface area contributed by atoms with Crippen molar-refractivity contribution in [1.82, 2.24) is 4.57 Å². The van der Waals surface area contributed by atoms with Gasteiger partial charge in [-0.3, -0.25) is 0 Å². The Morgan fingerprint density at radius 1 is 0.879 bits per heavy atom. The molecular weight excluding hydrogens is 408 g/mol. The zero-order valence-electron chi connectivity index (χ0n) is 19.9. The molecule has 0 amide bonds. The Balaban J connectivity index is 1.74. The van der Waals surface area contributed by atoms with Crippen molar-refractivity contribution in [1.29, 1.82) is 0 Å². The second-order valence-electron chi connectivity index (χ2n) is 8.31. The Hall–Kier alpha value is -3.79. The van der Waals surface area contributed by atoms with Crippen LogP contribution in [0.4, 0.5) is 0 Å². The zero-order chi connectivity index (χ0) is 23.4. The van der Waals surface area contributed by atoms with Gasteiger partial charge in [0.25, 0.3) is 0 Å². The van der Waals surface area contributed by atoms with Crippen molar-refractivity contribution < 1.29 is 9.57 Å². The highest BCUT2D eigenvalue weighted by molar-refractivity contribution is 6.01. The van der Waals surface area contributed by atoms with Gasteiger partial charge < -0.3 is 14.1 Å². The van der Waals surface area contributed by atoms with Crippen LogP contribution in [0.15, 0.2) is 84.0 Å². The smallest absolute Gasteiger partial charge is 0.142 e. The molecule has 0 fully saturated rings. The van der Waals surface area contributed by atoms with Crippen LogP contribution in [0.25, 0.3) is 16.9 Å². The van der Waals surface area contributed by atoms with E-state index in [-0.39, 0.29) is 0 Å². The Morgan fingerprint density at radius 2 is 1.64 bits per heavy atom. The number of benzene rings is 3. The van der Waals surface area contributed by atoms with Crippen molar-refractivity contribution in [2.24, 2.45) is 5.16 Å². The van der Waals surface area contributed by atoms with Crippen molar-refractivity contribution in [3.63, 3.8) is 0 Å². The molecule has 0 saturated carbocycles. The van der Waals surface area contributed by atoms with E-state index in [9.17, 15) is 0 Å². The first kappa shape index (κ1) is 22.4. The lowest BCUT2D eigenvalue weighted by Crippen LogP contribution is -2.03. The summed E-state index contributed by atoms with van der Waals surface area (Å²) in [5.41, 5.74) is 9.85. The predicted molar refractivity (Wildman–Crippen MR) is 135 cm³/mol. The number of ether oxygens (including phenoxy) is 1. The highest BCUT2D eigenvalue weighted by Crippen LogP contribution is 2.32. The molecule has 0 aliphatic heterocycles. The molecule has 33 heavy (non-hydrogen) atoms. The molecule has 1 aromatic heterocycles. The number of nitrogens with zero attached hydrogens (tertiary/aromatic N) is 2. The van der Waals surface area contributed by atoms with Gasteiger partial charge in [-0.1, -0.05) is 59.3 Å². The minimum absolute atomic E-state index is 0.449. The van der Waals surface area contributed by atoms with Crippen molar-refractivity contribution in [2.75, 3.05) is 7.11 Å². The maximum atomic E-state index is 5.74. The van der Waals surface area contributed by atoms with Crippen LogP contribution in [-0.4, -0.2) is 17.4 Å². The summed E-state index contributed by atoms with van der Waals surface area (Å²) >= 11 is 0. The molecule has 3 aromatic carbocycles. The van der Waals surface area contributed by atoms with E-state index >= 15 is 0 Å². The number of rotatable bonds is 7. The summed E-state index contributed by atoms with van der Waals surface area (Å²) in [7, 11) is 1.69. The summed E-state index contributed by atoms with van der Waals surface area (Å²) in [4.78, 5) is 5.74. The van der Waals surface area contributed by atoms with E-state index in [2.05, 4.69) is 85.1 Å². The van der Waals surface area contributed by atoms with Crippen LogP contribution in [0.1, 0.15) is 34.9 Å². The molecule has 0 bridgehead atoms. The number of methoxy groups -OCH3 is 1. The van der Waals surface area contributed by atoms with Crippen molar-refractivity contribution in [2.45, 2.75) is 34.3 Å². The number of aryl methyl sites for hydroxylation is 2. The molecular formula is C29H30N2O2. The second kappa shape index (κ2) is 9.78. The lowest BCUT2D eigenvalue weighted by atomic mass is 10.1.